The molecule has 0 amide bonds. The summed E-state index contributed by atoms with van der Waals surface area (Å²) in [6, 6.07) is 48.5. The fourth-order valence-electron chi connectivity index (χ4n) is 7.06. The van der Waals surface area contributed by atoms with Crippen molar-refractivity contribution in [1.29, 1.82) is 5.41 Å². The molecule has 3 aromatic heterocycles. The third-order valence-corrected chi connectivity index (χ3v) is 9.12. The van der Waals surface area contributed by atoms with E-state index >= 15 is 0 Å². The molecule has 0 saturated carbocycles. The lowest BCUT2D eigenvalue weighted by Gasteiger charge is -2.10. The molecule has 4 nitrogen and oxygen atoms in total. The summed E-state index contributed by atoms with van der Waals surface area (Å²) in [5, 5.41) is 15.2. The number of pyridine rings is 1. The Hall–Kier alpha value is -6.26. The predicted octanol–water partition coefficient (Wildman–Crippen LogP) is 10.7. The monoisotopic (exact) mass is 588 g/mol. The predicted molar refractivity (Wildman–Crippen MR) is 194 cm³/mol. The molecule has 6 aromatic carbocycles. The molecule has 0 atom stereocenters. The van der Waals surface area contributed by atoms with E-state index in [0.717, 1.165) is 71.7 Å². The Morgan fingerprint density at radius 3 is 2.02 bits per heavy atom. The van der Waals surface area contributed by atoms with Gasteiger partial charge in [-0.2, -0.15) is 0 Å². The van der Waals surface area contributed by atoms with Crippen molar-refractivity contribution in [3.8, 4) is 11.1 Å². The van der Waals surface area contributed by atoms with E-state index in [1.54, 1.807) is 0 Å². The minimum absolute atomic E-state index is 0.352. The normalized spacial score (nSPS) is 12.2. The summed E-state index contributed by atoms with van der Waals surface area (Å²) < 4.78 is 4.33. The zero-order valence-corrected chi connectivity index (χ0v) is 25.0. The van der Waals surface area contributed by atoms with Crippen molar-refractivity contribution in [3.63, 3.8) is 0 Å². The molecule has 1 N–H and O–H groups in total. The van der Waals surface area contributed by atoms with Gasteiger partial charge >= 0.3 is 0 Å². The first-order valence-electron chi connectivity index (χ1n) is 15.4. The van der Waals surface area contributed by atoms with Crippen LogP contribution in [0.25, 0.3) is 76.9 Å². The summed E-state index contributed by atoms with van der Waals surface area (Å²) in [5.74, 6) is 0.352. The van der Waals surface area contributed by atoms with Gasteiger partial charge in [-0.1, -0.05) is 122 Å². The van der Waals surface area contributed by atoms with Gasteiger partial charge < -0.3 is 0 Å². The number of benzene rings is 6. The highest BCUT2D eigenvalue weighted by Crippen LogP contribution is 2.38. The summed E-state index contributed by atoms with van der Waals surface area (Å²) in [7, 11) is 0. The van der Waals surface area contributed by atoms with E-state index in [-0.39, 0.29) is 0 Å². The van der Waals surface area contributed by atoms with E-state index in [0.29, 0.717) is 5.84 Å². The summed E-state index contributed by atoms with van der Waals surface area (Å²) in [4.78, 5) is 5.37. The molecule has 0 aliphatic heterocycles. The van der Waals surface area contributed by atoms with Gasteiger partial charge in [0.15, 0.2) is 0 Å². The molecule has 46 heavy (non-hydrogen) atoms. The molecule has 3 heterocycles. The Balaban J connectivity index is 1.32. The third kappa shape index (κ3) is 3.80. The maximum Gasteiger partial charge on any atom is 0.146 e. The molecule has 0 spiro atoms. The summed E-state index contributed by atoms with van der Waals surface area (Å²) in [6.07, 6.45) is 3.76. The van der Waals surface area contributed by atoms with Gasteiger partial charge in [0, 0.05) is 21.5 Å². The molecule has 0 radical (unpaired) electrons. The number of fused-ring (bicyclic) bond motifs is 12. The van der Waals surface area contributed by atoms with Crippen LogP contribution < -0.4 is 0 Å². The largest absolute Gasteiger partial charge is 0.292 e. The van der Waals surface area contributed by atoms with Gasteiger partial charge in [-0.05, 0) is 64.1 Å². The van der Waals surface area contributed by atoms with Gasteiger partial charge in [0.25, 0.3) is 0 Å². The lowest BCUT2D eigenvalue weighted by molar-refractivity contribution is 1.24. The maximum absolute atomic E-state index is 9.59. The zero-order valence-electron chi connectivity index (χ0n) is 25.0. The van der Waals surface area contributed by atoms with Crippen LogP contribution >= 0.6 is 0 Å². The first-order chi connectivity index (χ1) is 22.7. The van der Waals surface area contributed by atoms with Gasteiger partial charge in [0.05, 0.1) is 22.1 Å². The van der Waals surface area contributed by atoms with Gasteiger partial charge in [-0.3, -0.25) is 14.4 Å². The van der Waals surface area contributed by atoms with E-state index in [1.807, 2.05) is 28.9 Å². The zero-order chi connectivity index (χ0) is 30.8. The molecule has 0 aliphatic rings. The minimum Gasteiger partial charge on any atom is -0.292 e. The third-order valence-electron chi connectivity index (χ3n) is 9.12. The molecule has 0 fully saturated rings. The molecule has 0 aliphatic carbocycles. The van der Waals surface area contributed by atoms with Gasteiger partial charge in [0.2, 0.25) is 0 Å². The molecular formula is C42H28N4. The number of hydrogen-bond donors (Lipinski definition) is 1. The van der Waals surface area contributed by atoms with Crippen LogP contribution in [0.2, 0.25) is 0 Å². The lowest BCUT2D eigenvalue weighted by Crippen LogP contribution is -2.08. The molecule has 0 unspecified atom stereocenters. The summed E-state index contributed by atoms with van der Waals surface area (Å²) >= 11 is 0. The quantitative estimate of drug-likeness (QED) is 0.0945. The van der Waals surface area contributed by atoms with Crippen molar-refractivity contribution < 1.29 is 0 Å². The number of rotatable bonds is 4. The van der Waals surface area contributed by atoms with Crippen molar-refractivity contribution >= 4 is 71.6 Å². The molecule has 216 valence electrons. The minimum atomic E-state index is 0.352. The molecule has 0 saturated heterocycles. The number of aromatic nitrogens is 3. The highest BCUT2D eigenvalue weighted by atomic mass is 15.1. The topological polar surface area (TPSA) is 46.1 Å². The maximum atomic E-state index is 9.59. The number of hydrogen-bond acceptors (Lipinski definition) is 2. The van der Waals surface area contributed by atoms with E-state index < -0.39 is 0 Å². The van der Waals surface area contributed by atoms with Crippen molar-refractivity contribution in [2.24, 2.45) is 0 Å². The number of imidazole rings is 1. The highest BCUT2D eigenvalue weighted by Gasteiger charge is 2.21. The second kappa shape index (κ2) is 10.1. The van der Waals surface area contributed by atoms with Gasteiger partial charge in [-0.15, -0.1) is 0 Å². The molecule has 0 bridgehead atoms. The second-order valence-corrected chi connectivity index (χ2v) is 11.7. The van der Waals surface area contributed by atoms with E-state index in [4.69, 9.17) is 4.98 Å². The van der Waals surface area contributed by atoms with Crippen LogP contribution in [0, 0.1) is 5.41 Å². The average molecular weight is 589 g/mol. The van der Waals surface area contributed by atoms with Gasteiger partial charge in [-0.25, -0.2) is 4.98 Å². The molecular weight excluding hydrogens is 560 g/mol. The van der Waals surface area contributed by atoms with Crippen LogP contribution in [-0.4, -0.2) is 19.8 Å². The smallest absolute Gasteiger partial charge is 0.146 e. The number of nitrogens with one attached hydrogen (secondary N) is 1. The first kappa shape index (κ1) is 26.2. The van der Waals surface area contributed by atoms with Crippen molar-refractivity contribution in [2.45, 2.75) is 0 Å². The standard InChI is InChI=1S/C42H28N4/c1-2-27(29-15-12-16-30(25-29)28-13-4-3-5-14-28)26-39(43)46-37-22-11-9-19-33(37)34-23-24-38-40(41(34)46)44-42-35-20-7-6-17-31(35)32-18-8-10-21-36(32)45(38)42/h2-26,43H,1H2/b27-26+,43-39?. The van der Waals surface area contributed by atoms with Crippen LogP contribution in [0.1, 0.15) is 5.56 Å². The van der Waals surface area contributed by atoms with E-state index in [2.05, 4.69) is 138 Å². The van der Waals surface area contributed by atoms with Gasteiger partial charge in [0.1, 0.15) is 17.0 Å². The number of nitrogens with zero attached hydrogens (tertiary/aromatic N) is 3. The van der Waals surface area contributed by atoms with Crippen LogP contribution in [0.3, 0.4) is 0 Å². The van der Waals surface area contributed by atoms with Crippen molar-refractivity contribution in [3.05, 3.63) is 164 Å². The Bertz CT molecular complexity index is 2720. The lowest BCUT2D eigenvalue weighted by atomic mass is 9.98. The second-order valence-electron chi connectivity index (χ2n) is 11.7. The van der Waals surface area contributed by atoms with Crippen LogP contribution in [0.5, 0.6) is 0 Å². The summed E-state index contributed by atoms with van der Waals surface area (Å²) in [6.45, 7) is 4.15. The SMILES string of the molecule is C=C/C(=C\C(=N)n1c2ccccc2c2ccc3c(nc4c5ccccc5c5ccccc5n34)c21)c1cccc(-c2ccccc2)c1. The van der Waals surface area contributed by atoms with Crippen LogP contribution in [0.4, 0.5) is 0 Å². The molecule has 9 aromatic rings. The van der Waals surface area contributed by atoms with E-state index in [9.17, 15) is 5.41 Å². The van der Waals surface area contributed by atoms with Crippen LogP contribution in [0.15, 0.2) is 158 Å². The Labute approximate surface area is 265 Å². The Morgan fingerprint density at radius 2 is 1.24 bits per heavy atom. The molecule has 4 heteroatoms. The van der Waals surface area contributed by atoms with E-state index in [1.165, 1.54) is 10.8 Å². The highest BCUT2D eigenvalue weighted by molar-refractivity contribution is 6.24. The summed E-state index contributed by atoms with van der Waals surface area (Å²) in [5.41, 5.74) is 10.00. The Morgan fingerprint density at radius 1 is 0.587 bits per heavy atom. The Kier molecular flexibility index (Phi) is 5.77. The first-order valence-corrected chi connectivity index (χ1v) is 15.4. The van der Waals surface area contributed by atoms with Crippen molar-refractivity contribution in [1.82, 2.24) is 14.0 Å². The number of allylic oxidation sites excluding steroid dienone is 3. The fourth-order valence-corrected chi connectivity index (χ4v) is 7.06. The average Bonchev–Trinajstić information content (AvgIpc) is 3.68. The number of para-hydroxylation sites is 2. The molecule has 9 rings (SSSR count). The fraction of sp³-hybridized carbons (Fsp3) is 0. The van der Waals surface area contributed by atoms with Crippen LogP contribution in [-0.2, 0) is 0 Å². The van der Waals surface area contributed by atoms with Crippen molar-refractivity contribution in [2.75, 3.05) is 0 Å².